The third-order valence-corrected chi connectivity index (χ3v) is 4.39. The lowest BCUT2D eigenvalue weighted by Gasteiger charge is -2.09. The van der Waals surface area contributed by atoms with Crippen molar-refractivity contribution in [2.45, 2.75) is 0 Å². The average molecular weight is 406 g/mol. The Hall–Kier alpha value is -4.12. The summed E-state index contributed by atoms with van der Waals surface area (Å²) in [6.07, 6.45) is 1.30. The zero-order valence-electron chi connectivity index (χ0n) is 15.1. The van der Waals surface area contributed by atoms with Crippen LogP contribution in [0.4, 0.5) is 17.6 Å². The summed E-state index contributed by atoms with van der Waals surface area (Å²) in [6, 6.07) is 12.3. The number of benzene rings is 3. The first-order chi connectivity index (χ1) is 14.5. The molecular weight excluding hydrogens is 396 g/mol. The van der Waals surface area contributed by atoms with Gasteiger partial charge >= 0.3 is 0 Å². The van der Waals surface area contributed by atoms with Gasteiger partial charge in [0.05, 0.1) is 29.1 Å². The Kier molecular flexibility index (Phi) is 4.94. The maximum Gasteiger partial charge on any atom is 0.185 e. The van der Waals surface area contributed by atoms with Crippen LogP contribution in [0.15, 0.2) is 60.8 Å². The Morgan fingerprint density at radius 1 is 0.733 bits per heavy atom. The van der Waals surface area contributed by atoms with Gasteiger partial charge in [0, 0.05) is 22.8 Å². The molecule has 1 heterocycles. The molecule has 4 rings (SSSR count). The van der Waals surface area contributed by atoms with E-state index in [1.807, 2.05) is 6.07 Å². The highest BCUT2D eigenvalue weighted by Crippen LogP contribution is 2.31. The van der Waals surface area contributed by atoms with E-state index in [-0.39, 0.29) is 33.8 Å². The Balaban J connectivity index is 1.82. The molecule has 30 heavy (non-hydrogen) atoms. The van der Waals surface area contributed by atoms with E-state index in [1.54, 1.807) is 0 Å². The molecule has 0 aliphatic heterocycles. The van der Waals surface area contributed by atoms with Gasteiger partial charge in [-0.05, 0) is 42.5 Å². The molecule has 0 aliphatic rings. The molecule has 0 saturated carbocycles. The molecule has 0 N–H and O–H groups in total. The molecule has 0 unspecified atom stereocenters. The van der Waals surface area contributed by atoms with Crippen LogP contribution in [-0.2, 0) is 0 Å². The Labute approximate surface area is 168 Å². The van der Waals surface area contributed by atoms with Gasteiger partial charge in [-0.1, -0.05) is 6.07 Å². The van der Waals surface area contributed by atoms with Crippen LogP contribution < -0.4 is 0 Å². The lowest BCUT2D eigenvalue weighted by Crippen LogP contribution is -1.98. The minimum atomic E-state index is -0.848. The van der Waals surface area contributed by atoms with Crippen molar-refractivity contribution < 1.29 is 17.6 Å². The van der Waals surface area contributed by atoms with Crippen molar-refractivity contribution in [2.75, 3.05) is 0 Å². The van der Waals surface area contributed by atoms with E-state index in [0.717, 1.165) is 18.2 Å². The molecule has 0 fully saturated rings. The van der Waals surface area contributed by atoms with Crippen LogP contribution in [0.3, 0.4) is 0 Å². The first kappa shape index (κ1) is 19.2. The van der Waals surface area contributed by atoms with E-state index in [0.29, 0.717) is 11.6 Å². The largest absolute Gasteiger partial charge is 0.225 e. The van der Waals surface area contributed by atoms with Gasteiger partial charge in [0.1, 0.15) is 23.3 Å². The third kappa shape index (κ3) is 3.61. The van der Waals surface area contributed by atoms with E-state index in [2.05, 4.69) is 15.2 Å². The van der Waals surface area contributed by atoms with Crippen molar-refractivity contribution in [1.82, 2.24) is 15.2 Å². The van der Waals surface area contributed by atoms with Crippen LogP contribution in [0.1, 0.15) is 5.56 Å². The normalized spacial score (nSPS) is 10.6. The lowest BCUT2D eigenvalue weighted by molar-refractivity contribution is 0.584. The van der Waals surface area contributed by atoms with Crippen LogP contribution in [0.2, 0.25) is 0 Å². The molecule has 0 amide bonds. The highest BCUT2D eigenvalue weighted by atomic mass is 19.1. The van der Waals surface area contributed by atoms with Crippen molar-refractivity contribution >= 4 is 0 Å². The van der Waals surface area contributed by atoms with Crippen molar-refractivity contribution in [3.8, 4) is 39.8 Å². The van der Waals surface area contributed by atoms with E-state index in [4.69, 9.17) is 0 Å². The third-order valence-electron chi connectivity index (χ3n) is 4.39. The summed E-state index contributed by atoms with van der Waals surface area (Å²) in [7, 11) is 0. The standard InChI is InChI=1S/C22H10F4N4/c23-14-2-4-16(13(7-14)10-27)18-8-12(1-6-19(18)25)21-11-28-30-22(29-21)17-5-3-15(24)9-20(17)26/h1-9,11H. The molecule has 0 aliphatic carbocycles. The summed E-state index contributed by atoms with van der Waals surface area (Å²) in [6.45, 7) is 0. The van der Waals surface area contributed by atoms with Gasteiger partial charge in [0.15, 0.2) is 5.82 Å². The zero-order valence-corrected chi connectivity index (χ0v) is 15.1. The average Bonchev–Trinajstić information content (AvgIpc) is 2.74. The van der Waals surface area contributed by atoms with Gasteiger partial charge in [0.2, 0.25) is 0 Å². The second kappa shape index (κ2) is 7.72. The summed E-state index contributed by atoms with van der Waals surface area (Å²) >= 11 is 0. The summed E-state index contributed by atoms with van der Waals surface area (Å²) < 4.78 is 55.1. The number of halogens is 4. The van der Waals surface area contributed by atoms with Crippen LogP contribution in [0.5, 0.6) is 0 Å². The molecule has 146 valence electrons. The molecule has 1 aromatic heterocycles. The highest BCUT2D eigenvalue weighted by molar-refractivity contribution is 5.76. The fourth-order valence-electron chi connectivity index (χ4n) is 2.96. The number of nitriles is 1. The van der Waals surface area contributed by atoms with Gasteiger partial charge in [-0.25, -0.2) is 22.5 Å². The number of rotatable bonds is 3. The minimum Gasteiger partial charge on any atom is -0.225 e. The second-order valence-corrected chi connectivity index (χ2v) is 6.29. The van der Waals surface area contributed by atoms with E-state index < -0.39 is 23.3 Å². The summed E-state index contributed by atoms with van der Waals surface area (Å²) in [5.74, 6) is -2.89. The van der Waals surface area contributed by atoms with Gasteiger partial charge in [-0.15, -0.1) is 5.10 Å². The predicted molar refractivity (Wildman–Crippen MR) is 101 cm³/mol. The van der Waals surface area contributed by atoms with Gasteiger partial charge in [-0.2, -0.15) is 10.4 Å². The quantitative estimate of drug-likeness (QED) is 0.433. The SMILES string of the molecule is N#Cc1cc(F)ccc1-c1cc(-c2cnnc(-c3ccc(F)cc3F)n2)ccc1F. The molecule has 0 bridgehead atoms. The predicted octanol–water partition coefficient (Wildman–Crippen LogP) is 5.30. The van der Waals surface area contributed by atoms with Gasteiger partial charge in [-0.3, -0.25) is 0 Å². The van der Waals surface area contributed by atoms with E-state index in [1.165, 1.54) is 36.5 Å². The van der Waals surface area contributed by atoms with E-state index >= 15 is 0 Å². The molecular formula is C22H10F4N4. The first-order valence-corrected chi connectivity index (χ1v) is 8.61. The van der Waals surface area contributed by atoms with Crippen LogP contribution in [0, 0.1) is 34.6 Å². The maximum absolute atomic E-state index is 14.5. The lowest BCUT2D eigenvalue weighted by atomic mass is 9.97. The number of hydrogen-bond acceptors (Lipinski definition) is 4. The van der Waals surface area contributed by atoms with Crippen LogP contribution in [0.25, 0.3) is 33.8 Å². The summed E-state index contributed by atoms with van der Waals surface area (Å²) in [5.41, 5.74) is 0.880. The Morgan fingerprint density at radius 3 is 2.20 bits per heavy atom. The van der Waals surface area contributed by atoms with Gasteiger partial charge in [0.25, 0.3) is 0 Å². The monoisotopic (exact) mass is 406 g/mol. The molecule has 0 spiro atoms. The smallest absolute Gasteiger partial charge is 0.185 e. The zero-order chi connectivity index (χ0) is 21.3. The Bertz CT molecular complexity index is 1320. The van der Waals surface area contributed by atoms with Crippen LogP contribution in [-0.4, -0.2) is 15.2 Å². The molecule has 4 nitrogen and oxygen atoms in total. The van der Waals surface area contributed by atoms with Crippen molar-refractivity contribution in [3.05, 3.63) is 89.6 Å². The number of nitrogens with zero attached hydrogens (tertiary/aromatic N) is 4. The molecule has 4 aromatic rings. The molecule has 0 atom stereocenters. The molecule has 0 saturated heterocycles. The fourth-order valence-corrected chi connectivity index (χ4v) is 2.96. The number of aromatic nitrogens is 3. The van der Waals surface area contributed by atoms with Crippen LogP contribution >= 0.6 is 0 Å². The highest BCUT2D eigenvalue weighted by Gasteiger charge is 2.15. The topological polar surface area (TPSA) is 62.5 Å². The molecule has 8 heteroatoms. The van der Waals surface area contributed by atoms with Crippen molar-refractivity contribution in [1.29, 1.82) is 5.26 Å². The summed E-state index contributed by atoms with van der Waals surface area (Å²) in [4.78, 5) is 4.24. The van der Waals surface area contributed by atoms with Crippen molar-refractivity contribution in [2.24, 2.45) is 0 Å². The Morgan fingerprint density at radius 2 is 1.47 bits per heavy atom. The minimum absolute atomic E-state index is 0.0269. The maximum atomic E-state index is 14.5. The summed E-state index contributed by atoms with van der Waals surface area (Å²) in [5, 5.41) is 16.8. The van der Waals surface area contributed by atoms with Gasteiger partial charge < -0.3 is 0 Å². The second-order valence-electron chi connectivity index (χ2n) is 6.29. The van der Waals surface area contributed by atoms with Crippen molar-refractivity contribution in [3.63, 3.8) is 0 Å². The number of hydrogen-bond donors (Lipinski definition) is 0. The molecule has 3 aromatic carbocycles. The fraction of sp³-hybridized carbons (Fsp3) is 0. The first-order valence-electron chi connectivity index (χ1n) is 8.61. The molecule has 0 radical (unpaired) electrons. The van der Waals surface area contributed by atoms with E-state index in [9.17, 15) is 22.8 Å².